The van der Waals surface area contributed by atoms with Crippen LogP contribution in [0, 0.1) is 19.8 Å². The quantitative estimate of drug-likeness (QED) is 0.789. The highest BCUT2D eigenvalue weighted by Crippen LogP contribution is 2.28. The van der Waals surface area contributed by atoms with Gasteiger partial charge in [0.05, 0.1) is 12.7 Å². The van der Waals surface area contributed by atoms with E-state index in [9.17, 15) is 4.79 Å². The van der Waals surface area contributed by atoms with Gasteiger partial charge in [-0.25, -0.2) is 0 Å². The molecule has 3 nitrogen and oxygen atoms in total. The molecule has 0 saturated heterocycles. The Balaban J connectivity index is 3.16. The summed E-state index contributed by atoms with van der Waals surface area (Å²) in [6.07, 6.45) is 1.78. The van der Waals surface area contributed by atoms with Crippen molar-refractivity contribution in [2.45, 2.75) is 33.6 Å². The lowest BCUT2D eigenvalue weighted by atomic mass is 9.91. The van der Waals surface area contributed by atoms with E-state index in [-0.39, 0.29) is 11.7 Å². The molecule has 1 aromatic carbocycles. The van der Waals surface area contributed by atoms with Crippen LogP contribution in [0.25, 0.3) is 0 Å². The van der Waals surface area contributed by atoms with E-state index < -0.39 is 0 Å². The van der Waals surface area contributed by atoms with Gasteiger partial charge in [0, 0.05) is 12.5 Å². The number of rotatable bonds is 6. The van der Waals surface area contributed by atoms with E-state index in [4.69, 9.17) is 10.5 Å². The molecular weight excluding hydrogens is 226 g/mol. The molecule has 1 unspecified atom stereocenters. The van der Waals surface area contributed by atoms with Crippen LogP contribution in [-0.2, 0) is 0 Å². The molecule has 100 valence electrons. The highest BCUT2D eigenvalue weighted by atomic mass is 16.5. The van der Waals surface area contributed by atoms with Crippen LogP contribution in [0.3, 0.4) is 0 Å². The third-order valence-corrected chi connectivity index (χ3v) is 3.44. The van der Waals surface area contributed by atoms with Crippen molar-refractivity contribution in [3.05, 3.63) is 28.8 Å². The number of aryl methyl sites for hydroxylation is 1. The predicted molar refractivity (Wildman–Crippen MR) is 74.3 cm³/mol. The number of hydrogen-bond donors (Lipinski definition) is 1. The molecule has 0 spiro atoms. The highest BCUT2D eigenvalue weighted by Gasteiger charge is 2.22. The van der Waals surface area contributed by atoms with Gasteiger partial charge >= 0.3 is 0 Å². The van der Waals surface area contributed by atoms with Crippen LogP contribution in [0.5, 0.6) is 5.75 Å². The van der Waals surface area contributed by atoms with Gasteiger partial charge in [0.25, 0.3) is 0 Å². The summed E-state index contributed by atoms with van der Waals surface area (Å²) in [5.74, 6) is 0.680. The van der Waals surface area contributed by atoms with Crippen LogP contribution in [-0.4, -0.2) is 19.4 Å². The van der Waals surface area contributed by atoms with E-state index in [2.05, 4.69) is 6.92 Å². The van der Waals surface area contributed by atoms with Crippen molar-refractivity contribution in [2.24, 2.45) is 11.7 Å². The molecule has 0 heterocycles. The number of ketones is 1. The van der Waals surface area contributed by atoms with Crippen molar-refractivity contribution in [3.8, 4) is 5.75 Å². The Labute approximate surface area is 109 Å². The molecule has 18 heavy (non-hydrogen) atoms. The van der Waals surface area contributed by atoms with E-state index in [0.717, 1.165) is 24.0 Å². The second-order valence-electron chi connectivity index (χ2n) is 4.67. The van der Waals surface area contributed by atoms with Gasteiger partial charge in [0.15, 0.2) is 5.78 Å². The topological polar surface area (TPSA) is 52.3 Å². The molecule has 0 aromatic heterocycles. The monoisotopic (exact) mass is 249 g/mol. The van der Waals surface area contributed by atoms with Gasteiger partial charge in [-0.2, -0.15) is 0 Å². The number of nitrogens with two attached hydrogens (primary N) is 1. The van der Waals surface area contributed by atoms with E-state index in [1.54, 1.807) is 7.11 Å². The maximum atomic E-state index is 12.4. The second-order valence-corrected chi connectivity index (χ2v) is 4.67. The smallest absolute Gasteiger partial charge is 0.170 e. The average Bonchev–Trinajstić information content (AvgIpc) is 2.38. The summed E-state index contributed by atoms with van der Waals surface area (Å²) < 4.78 is 5.39. The summed E-state index contributed by atoms with van der Waals surface area (Å²) in [5.41, 5.74) is 8.50. The Morgan fingerprint density at radius 2 is 2.06 bits per heavy atom. The third-order valence-electron chi connectivity index (χ3n) is 3.44. The van der Waals surface area contributed by atoms with Gasteiger partial charge < -0.3 is 10.5 Å². The van der Waals surface area contributed by atoms with Crippen LogP contribution in [0.4, 0.5) is 0 Å². The van der Waals surface area contributed by atoms with Crippen molar-refractivity contribution in [2.75, 3.05) is 13.7 Å². The Bertz CT molecular complexity index is 427. The number of carbonyl (C=O) groups is 1. The molecule has 0 aliphatic rings. The zero-order valence-corrected chi connectivity index (χ0v) is 11.7. The SMILES string of the molecule is CCCC(CN)C(=O)c1ccc(C)c(C)c1OC. The lowest BCUT2D eigenvalue weighted by Gasteiger charge is -2.17. The first-order valence-electron chi connectivity index (χ1n) is 6.45. The Kier molecular flexibility index (Phi) is 5.35. The molecule has 1 rings (SSSR count). The first-order chi connectivity index (χ1) is 8.56. The number of carbonyl (C=O) groups excluding carboxylic acids is 1. The standard InChI is InChI=1S/C15H23NO2/c1-5-6-12(9-16)14(17)13-8-7-10(2)11(3)15(13)18-4/h7-8,12H,5-6,9,16H2,1-4H3. The normalized spacial score (nSPS) is 12.3. The summed E-state index contributed by atoms with van der Waals surface area (Å²) in [5, 5.41) is 0. The predicted octanol–water partition coefficient (Wildman–Crippen LogP) is 2.87. The summed E-state index contributed by atoms with van der Waals surface area (Å²) in [6.45, 7) is 6.44. The van der Waals surface area contributed by atoms with E-state index in [1.165, 1.54) is 0 Å². The summed E-state index contributed by atoms with van der Waals surface area (Å²) in [4.78, 5) is 12.4. The van der Waals surface area contributed by atoms with Crippen LogP contribution in [0.15, 0.2) is 12.1 Å². The van der Waals surface area contributed by atoms with Crippen molar-refractivity contribution in [1.82, 2.24) is 0 Å². The molecule has 0 fully saturated rings. The first kappa shape index (κ1) is 14.7. The number of Topliss-reactive ketones (excluding diaryl/α,β-unsaturated/α-hetero) is 1. The van der Waals surface area contributed by atoms with Crippen molar-refractivity contribution in [1.29, 1.82) is 0 Å². The molecule has 0 amide bonds. The molecule has 0 aliphatic carbocycles. The molecule has 0 bridgehead atoms. The Morgan fingerprint density at radius 1 is 1.39 bits per heavy atom. The molecule has 0 radical (unpaired) electrons. The van der Waals surface area contributed by atoms with Crippen LogP contribution >= 0.6 is 0 Å². The molecule has 0 aliphatic heterocycles. The molecule has 0 saturated carbocycles. The zero-order chi connectivity index (χ0) is 13.7. The third kappa shape index (κ3) is 2.91. The fourth-order valence-corrected chi connectivity index (χ4v) is 2.17. The molecule has 1 atom stereocenters. The van der Waals surface area contributed by atoms with Crippen LogP contribution in [0.2, 0.25) is 0 Å². The molecule has 3 heteroatoms. The minimum atomic E-state index is -0.106. The Morgan fingerprint density at radius 3 is 2.56 bits per heavy atom. The van der Waals surface area contributed by atoms with Gasteiger partial charge in [-0.15, -0.1) is 0 Å². The summed E-state index contributed by atoms with van der Waals surface area (Å²) >= 11 is 0. The minimum Gasteiger partial charge on any atom is -0.496 e. The maximum Gasteiger partial charge on any atom is 0.170 e. The first-order valence-corrected chi connectivity index (χ1v) is 6.45. The number of benzene rings is 1. The number of methoxy groups -OCH3 is 1. The van der Waals surface area contributed by atoms with Gasteiger partial charge in [0.2, 0.25) is 0 Å². The summed E-state index contributed by atoms with van der Waals surface area (Å²) in [7, 11) is 1.61. The maximum absolute atomic E-state index is 12.4. The number of ether oxygens (including phenoxy) is 1. The van der Waals surface area contributed by atoms with E-state index >= 15 is 0 Å². The average molecular weight is 249 g/mol. The fraction of sp³-hybridized carbons (Fsp3) is 0.533. The Hall–Kier alpha value is -1.35. The number of hydrogen-bond acceptors (Lipinski definition) is 3. The van der Waals surface area contributed by atoms with Gasteiger partial charge in [-0.1, -0.05) is 19.4 Å². The van der Waals surface area contributed by atoms with Crippen molar-refractivity contribution >= 4 is 5.78 Å². The van der Waals surface area contributed by atoms with Crippen LogP contribution < -0.4 is 10.5 Å². The van der Waals surface area contributed by atoms with Gasteiger partial charge in [-0.3, -0.25) is 4.79 Å². The van der Waals surface area contributed by atoms with Gasteiger partial charge in [-0.05, 0) is 37.5 Å². The largest absolute Gasteiger partial charge is 0.496 e. The van der Waals surface area contributed by atoms with Crippen molar-refractivity contribution < 1.29 is 9.53 Å². The summed E-state index contributed by atoms with van der Waals surface area (Å²) in [6, 6.07) is 3.81. The van der Waals surface area contributed by atoms with Crippen LogP contribution in [0.1, 0.15) is 41.3 Å². The van der Waals surface area contributed by atoms with E-state index in [0.29, 0.717) is 17.9 Å². The minimum absolute atomic E-state index is 0.0966. The lowest BCUT2D eigenvalue weighted by Crippen LogP contribution is -2.24. The molecular formula is C15H23NO2. The molecule has 1 aromatic rings. The lowest BCUT2D eigenvalue weighted by molar-refractivity contribution is 0.0914. The van der Waals surface area contributed by atoms with Crippen molar-refractivity contribution in [3.63, 3.8) is 0 Å². The van der Waals surface area contributed by atoms with Gasteiger partial charge in [0.1, 0.15) is 5.75 Å². The highest BCUT2D eigenvalue weighted by molar-refractivity contribution is 6.01. The second kappa shape index (κ2) is 6.55. The zero-order valence-electron chi connectivity index (χ0n) is 11.7. The fourth-order valence-electron chi connectivity index (χ4n) is 2.17. The van der Waals surface area contributed by atoms with E-state index in [1.807, 2.05) is 26.0 Å². The molecule has 2 N–H and O–H groups in total.